The third-order valence-corrected chi connectivity index (χ3v) is 12.5. The minimum absolute atomic E-state index is 0.000415. The molecule has 3 heterocycles. The minimum Gasteiger partial charge on any atom is -0.550 e. The molecule has 2 amide bonds. The molecule has 30 heteroatoms. The summed E-state index contributed by atoms with van der Waals surface area (Å²) >= 11 is 0.780. The Morgan fingerprint density at radius 1 is 1.03 bits per heavy atom. The number of thioether (sulfide) groups is 1. The summed E-state index contributed by atoms with van der Waals surface area (Å²) in [5.41, 5.74) is 4.79. The summed E-state index contributed by atoms with van der Waals surface area (Å²) in [5, 5.41) is 36.9. The van der Waals surface area contributed by atoms with Crippen molar-refractivity contribution in [3.8, 4) is 0 Å². The number of carboxylic acids is 1. The highest BCUT2D eigenvalue weighted by Gasteiger charge is 2.50. The highest BCUT2D eigenvalue weighted by atomic mass is 32.2. The molecule has 2 unspecified atom stereocenters. The fraction of sp³-hybridized carbons (Fsp3) is 0.469. The number of ether oxygens (including phenoxy) is 1. The Balaban J connectivity index is 1.21. The number of nitrogen functional groups attached to an aromatic ring is 1. The van der Waals surface area contributed by atoms with Gasteiger partial charge >= 0.3 is 23.5 Å². The number of aliphatic carboxylic acids is 1. The number of phosphoric ester groups is 3. The number of hydrogen-bond donors (Lipinski definition) is 9. The predicted molar refractivity (Wildman–Crippen MR) is 211 cm³/mol. The second-order valence-corrected chi connectivity index (χ2v) is 19.1. The van der Waals surface area contributed by atoms with Gasteiger partial charge in [0.05, 0.1) is 19.5 Å². The van der Waals surface area contributed by atoms with Gasteiger partial charge in [-0.25, -0.2) is 28.6 Å². The molecule has 10 N–H and O–H groups in total. The fourth-order valence-electron chi connectivity index (χ4n) is 5.45. The highest BCUT2D eigenvalue weighted by molar-refractivity contribution is 8.14. The summed E-state index contributed by atoms with van der Waals surface area (Å²) in [7, 11) is -16.5. The number of imidazole rings is 1. The number of carboxylic acid groups (broad SMARTS) is 1. The zero-order valence-corrected chi connectivity index (χ0v) is 36.1. The van der Waals surface area contributed by atoms with E-state index in [1.165, 1.54) is 19.9 Å². The molecular weight excluding hydrogens is 911 g/mol. The van der Waals surface area contributed by atoms with Crippen molar-refractivity contribution in [3.63, 3.8) is 0 Å². The largest absolute Gasteiger partial charge is 0.550 e. The number of benzene rings is 1. The lowest BCUT2D eigenvalue weighted by molar-refractivity contribution is -0.304. The summed E-state index contributed by atoms with van der Waals surface area (Å²) in [5.74, 6) is -2.99. The van der Waals surface area contributed by atoms with Crippen molar-refractivity contribution in [2.24, 2.45) is 5.41 Å². The summed E-state index contributed by atoms with van der Waals surface area (Å²) in [6.45, 7) is 0.0802. The SMILES string of the molecule is CC(C)(COP(=O)(O)OP(=O)(O)OC[C@H]1O[C@@H](n2cnc3c(N)ncnc32)[C@H](O)[C@@H]1OP(=O)(O)O)[C@@H](O)C(=O)NCCC(=O)NCCSC(=O)/C(=C/c1ccccc1)CC(=O)[O-]. The van der Waals surface area contributed by atoms with Crippen molar-refractivity contribution in [2.75, 3.05) is 37.8 Å². The second kappa shape index (κ2) is 21.6. The molecule has 1 aromatic carbocycles. The molecule has 1 fully saturated rings. The Kier molecular flexibility index (Phi) is 17.6. The van der Waals surface area contributed by atoms with Crippen LogP contribution in [0.1, 0.15) is 38.5 Å². The minimum atomic E-state index is -5.61. The number of anilines is 1. The number of hydrogen-bond acceptors (Lipinski definition) is 20. The summed E-state index contributed by atoms with van der Waals surface area (Å²) in [6, 6.07) is 8.56. The molecule has 0 saturated carbocycles. The van der Waals surface area contributed by atoms with Gasteiger partial charge in [-0.15, -0.1) is 0 Å². The zero-order valence-electron chi connectivity index (χ0n) is 32.6. The second-order valence-electron chi connectivity index (χ2n) is 13.8. The molecule has 62 heavy (non-hydrogen) atoms. The van der Waals surface area contributed by atoms with Crippen LogP contribution < -0.4 is 21.5 Å². The molecule has 0 aliphatic carbocycles. The maximum Gasteiger partial charge on any atom is 0.481 e. The normalized spacial score (nSPS) is 20.9. The molecule has 0 radical (unpaired) electrons. The first-order chi connectivity index (χ1) is 28.9. The summed E-state index contributed by atoms with van der Waals surface area (Å²) in [6.07, 6.45) is -6.36. The van der Waals surface area contributed by atoms with Gasteiger partial charge in [0.15, 0.2) is 17.7 Å². The van der Waals surface area contributed by atoms with Crippen molar-refractivity contribution in [1.82, 2.24) is 30.2 Å². The van der Waals surface area contributed by atoms with E-state index in [-0.39, 0.29) is 47.8 Å². The molecule has 0 spiro atoms. The summed E-state index contributed by atoms with van der Waals surface area (Å²) in [4.78, 5) is 99.7. The number of nitrogens with one attached hydrogen (secondary N) is 2. The molecule has 1 aliphatic heterocycles. The Morgan fingerprint density at radius 2 is 1.71 bits per heavy atom. The number of phosphoric acid groups is 3. The maximum atomic E-state index is 12.7. The molecule has 3 aromatic rings. The zero-order chi connectivity index (χ0) is 46.0. The summed E-state index contributed by atoms with van der Waals surface area (Å²) < 4.78 is 62.2. The van der Waals surface area contributed by atoms with E-state index < -0.39 is 102 Å². The Morgan fingerprint density at radius 3 is 2.37 bits per heavy atom. The van der Waals surface area contributed by atoms with E-state index in [4.69, 9.17) is 19.5 Å². The van der Waals surface area contributed by atoms with Gasteiger partial charge in [0.25, 0.3) is 0 Å². The third-order valence-electron chi connectivity index (χ3n) is 8.47. The van der Waals surface area contributed by atoms with E-state index in [1.807, 2.05) is 0 Å². The van der Waals surface area contributed by atoms with Crippen LogP contribution in [0.3, 0.4) is 0 Å². The van der Waals surface area contributed by atoms with E-state index in [1.54, 1.807) is 30.3 Å². The number of amides is 2. The molecule has 7 atom stereocenters. The van der Waals surface area contributed by atoms with Crippen LogP contribution in [0.15, 0.2) is 48.6 Å². The van der Waals surface area contributed by atoms with Gasteiger partial charge in [0.2, 0.25) is 16.9 Å². The van der Waals surface area contributed by atoms with Gasteiger partial charge in [-0.05, 0) is 11.6 Å². The van der Waals surface area contributed by atoms with Crippen molar-refractivity contribution >= 4 is 81.2 Å². The number of carbonyl (C=O) groups is 4. The van der Waals surface area contributed by atoms with Gasteiger partial charge in [-0.3, -0.25) is 32.5 Å². The average molecular weight is 955 g/mol. The van der Waals surface area contributed by atoms with Crippen LogP contribution in [0.4, 0.5) is 5.82 Å². The topological polar surface area (TPSA) is 404 Å². The van der Waals surface area contributed by atoms with Crippen LogP contribution in [0.2, 0.25) is 0 Å². The standard InChI is InChI=1S/C32H44N7O19P3S/c1-32(2,26(44)29(45)35-9-8-21(40)34-10-11-62-31(46)19(13-22(41)42)12-18-6-4-3-5-7-18)15-55-61(52,53)58-60(50,51)54-14-20-25(57-59(47,48)49)24(43)30(56-20)39-17-38-23-27(33)36-16-37-28(23)39/h3-7,12,16-17,20,24-26,30,43-44H,8-11,13-15H2,1-2H3,(H,34,40)(H,35,45)(H,41,42)(H,50,51)(H,52,53)(H2,33,36,37)(H2,47,48,49)/p-1/b19-12+/t20-,24-,25-,26+,30-/m1/s1. The molecule has 4 rings (SSSR count). The molecule has 342 valence electrons. The number of aromatic nitrogens is 4. The Bertz CT molecular complexity index is 2260. The number of carbonyl (C=O) groups excluding carboxylic acids is 4. The van der Waals surface area contributed by atoms with E-state index >= 15 is 0 Å². The van der Waals surface area contributed by atoms with Gasteiger partial charge < -0.3 is 60.8 Å². The first-order valence-corrected chi connectivity index (χ1v) is 23.4. The van der Waals surface area contributed by atoms with Crippen molar-refractivity contribution in [2.45, 2.75) is 57.3 Å². The molecule has 1 saturated heterocycles. The van der Waals surface area contributed by atoms with Crippen molar-refractivity contribution in [3.05, 3.63) is 54.1 Å². The van der Waals surface area contributed by atoms with Gasteiger partial charge in [0, 0.05) is 48.6 Å². The number of aliphatic hydroxyl groups excluding tert-OH is 2. The molecule has 0 bridgehead atoms. The quantitative estimate of drug-likeness (QED) is 0.0309. The van der Waals surface area contributed by atoms with Crippen LogP contribution in [-0.4, -0.2) is 129 Å². The number of nitrogens with two attached hydrogens (primary N) is 1. The molecular formula is C32H43N7O19P3S-. The smallest absolute Gasteiger partial charge is 0.481 e. The van der Waals surface area contributed by atoms with Gasteiger partial charge in [-0.1, -0.05) is 55.9 Å². The van der Waals surface area contributed by atoms with E-state index in [2.05, 4.69) is 34.4 Å². The third kappa shape index (κ3) is 15.1. The monoisotopic (exact) mass is 954 g/mol. The average Bonchev–Trinajstić information content (AvgIpc) is 3.74. The highest BCUT2D eigenvalue weighted by Crippen LogP contribution is 2.61. The lowest BCUT2D eigenvalue weighted by Gasteiger charge is -2.30. The van der Waals surface area contributed by atoms with Crippen LogP contribution in [0.25, 0.3) is 17.2 Å². The molecule has 2 aromatic heterocycles. The maximum absolute atomic E-state index is 12.7. The number of fused-ring (bicyclic) bond motifs is 1. The van der Waals surface area contributed by atoms with Crippen LogP contribution in [0, 0.1) is 5.41 Å². The van der Waals surface area contributed by atoms with Crippen LogP contribution in [0.5, 0.6) is 0 Å². The van der Waals surface area contributed by atoms with Crippen LogP contribution in [-0.2, 0) is 55.5 Å². The Hall–Kier alpha value is -4.01. The Labute approximate surface area is 355 Å². The van der Waals surface area contributed by atoms with Gasteiger partial charge in [-0.2, -0.15) is 4.31 Å². The van der Waals surface area contributed by atoms with Crippen molar-refractivity contribution < 1.29 is 90.4 Å². The van der Waals surface area contributed by atoms with Crippen molar-refractivity contribution in [1.29, 1.82) is 0 Å². The first-order valence-electron chi connectivity index (χ1n) is 17.9. The van der Waals surface area contributed by atoms with Gasteiger partial charge in [0.1, 0.15) is 36.3 Å². The predicted octanol–water partition coefficient (Wildman–Crippen LogP) is -1.11. The number of nitrogens with zero attached hydrogens (tertiary/aromatic N) is 4. The first kappa shape index (κ1) is 50.6. The van der Waals surface area contributed by atoms with E-state index in [0.717, 1.165) is 29.0 Å². The fourth-order valence-corrected chi connectivity index (χ4v) is 8.99. The molecule has 26 nitrogen and oxygen atoms in total. The molecule has 1 aliphatic rings. The van der Waals surface area contributed by atoms with E-state index in [0.29, 0.717) is 5.56 Å². The lowest BCUT2D eigenvalue weighted by atomic mass is 9.87. The van der Waals surface area contributed by atoms with E-state index in [9.17, 15) is 67.8 Å². The van der Waals surface area contributed by atoms with Crippen LogP contribution >= 0.6 is 35.2 Å². The lowest BCUT2D eigenvalue weighted by Crippen LogP contribution is -2.46. The number of rotatable bonds is 23. The number of aliphatic hydroxyl groups is 2.